The molecule has 0 aliphatic heterocycles. The van der Waals surface area contributed by atoms with Crippen molar-refractivity contribution in [2.75, 3.05) is 5.73 Å². The average Bonchev–Trinajstić information content (AvgIpc) is 3.39. The van der Waals surface area contributed by atoms with Gasteiger partial charge in [0, 0.05) is 22.2 Å². The minimum absolute atomic E-state index is 0.00235. The summed E-state index contributed by atoms with van der Waals surface area (Å²) in [7, 11) is 0. The smallest absolute Gasteiger partial charge is 0.294 e. The number of benzene rings is 2. The van der Waals surface area contributed by atoms with E-state index in [0.717, 1.165) is 14.7 Å². The maximum absolute atomic E-state index is 12.8. The summed E-state index contributed by atoms with van der Waals surface area (Å²) in [6, 6.07) is 12.7. The summed E-state index contributed by atoms with van der Waals surface area (Å²) in [4.78, 5) is 23.2. The first-order valence-corrected chi connectivity index (χ1v) is 9.61. The number of halogens is 1. The highest BCUT2D eigenvalue weighted by Gasteiger charge is 2.25. The van der Waals surface area contributed by atoms with Gasteiger partial charge in [-0.15, -0.1) is 5.10 Å². The summed E-state index contributed by atoms with van der Waals surface area (Å²) >= 11 is 3.36. The van der Waals surface area contributed by atoms with Gasteiger partial charge >= 0.3 is 0 Å². The zero-order valence-electron chi connectivity index (χ0n) is 15.9. The van der Waals surface area contributed by atoms with Crippen LogP contribution in [0.5, 0.6) is 0 Å². The molecule has 2 aromatic heterocycles. The highest BCUT2D eigenvalue weighted by Crippen LogP contribution is 2.28. The molecule has 0 spiro atoms. The average molecular weight is 498 g/mol. The largest absolute Gasteiger partial charge is 0.378 e. The van der Waals surface area contributed by atoms with Crippen molar-refractivity contribution in [3.05, 3.63) is 74.4 Å². The van der Waals surface area contributed by atoms with E-state index < -0.39 is 10.8 Å². The van der Waals surface area contributed by atoms with E-state index in [-0.39, 0.29) is 28.7 Å². The van der Waals surface area contributed by atoms with Crippen LogP contribution in [0.4, 0.5) is 11.5 Å². The van der Waals surface area contributed by atoms with Crippen LogP contribution in [0.1, 0.15) is 16.1 Å². The molecule has 160 valence electrons. The molecule has 32 heavy (non-hydrogen) atoms. The molecule has 4 aromatic rings. The Kier molecular flexibility index (Phi) is 5.67. The quantitative estimate of drug-likeness (QED) is 0.229. The van der Waals surface area contributed by atoms with E-state index in [2.05, 4.69) is 51.7 Å². The lowest BCUT2D eigenvalue weighted by Gasteiger charge is -2.05. The predicted molar refractivity (Wildman–Crippen MR) is 115 cm³/mol. The van der Waals surface area contributed by atoms with E-state index in [9.17, 15) is 14.9 Å². The van der Waals surface area contributed by atoms with E-state index in [1.165, 1.54) is 30.5 Å². The molecule has 0 aliphatic rings. The molecule has 0 saturated heterocycles. The Balaban J connectivity index is 1.70. The van der Waals surface area contributed by atoms with Crippen LogP contribution in [0.2, 0.25) is 0 Å². The Morgan fingerprint density at radius 2 is 2.03 bits per heavy atom. The summed E-state index contributed by atoms with van der Waals surface area (Å²) in [6.45, 7) is 0. The van der Waals surface area contributed by atoms with Crippen LogP contribution in [0.3, 0.4) is 0 Å². The Morgan fingerprint density at radius 1 is 1.25 bits per heavy atom. The summed E-state index contributed by atoms with van der Waals surface area (Å²) in [5.74, 6) is -0.758. The highest BCUT2D eigenvalue weighted by molar-refractivity contribution is 9.10. The number of non-ortho nitro benzene ring substituents is 1. The molecule has 2 heterocycles. The summed E-state index contributed by atoms with van der Waals surface area (Å²) in [5.41, 5.74) is 9.20. The number of anilines is 1. The van der Waals surface area contributed by atoms with Crippen molar-refractivity contribution < 1.29 is 14.3 Å². The van der Waals surface area contributed by atoms with Gasteiger partial charge in [0.1, 0.15) is 5.69 Å². The number of nitrogens with zero attached hydrogens (tertiary/aromatic N) is 7. The second-order valence-corrected chi connectivity index (χ2v) is 7.15. The number of rotatable bonds is 6. The van der Waals surface area contributed by atoms with Gasteiger partial charge in [0.05, 0.1) is 11.1 Å². The molecule has 0 aliphatic carbocycles. The zero-order chi connectivity index (χ0) is 22.7. The number of carbonyl (C=O) groups is 1. The Bertz CT molecular complexity index is 1330. The first kappa shape index (κ1) is 20.8. The number of carbonyl (C=O) groups excluding carboxylic acids is 1. The molecule has 0 unspecified atom stereocenters. The van der Waals surface area contributed by atoms with Gasteiger partial charge in [-0.3, -0.25) is 14.9 Å². The number of nitro benzene ring substituents is 1. The molecule has 4 rings (SSSR count). The van der Waals surface area contributed by atoms with Crippen LogP contribution in [0.25, 0.3) is 17.1 Å². The molecule has 13 nitrogen and oxygen atoms in total. The molecule has 0 fully saturated rings. The molecule has 0 atom stereocenters. The molecule has 1 amide bonds. The second kappa shape index (κ2) is 8.73. The normalized spacial score (nSPS) is 11.0. The number of hydrogen-bond donors (Lipinski definition) is 2. The van der Waals surface area contributed by atoms with Gasteiger partial charge in [0.15, 0.2) is 5.69 Å². The number of amides is 1. The predicted octanol–water partition coefficient (Wildman–Crippen LogP) is 2.33. The lowest BCUT2D eigenvalue weighted by atomic mass is 10.1. The van der Waals surface area contributed by atoms with Crippen LogP contribution in [0, 0.1) is 10.1 Å². The van der Waals surface area contributed by atoms with Crippen molar-refractivity contribution in [3.8, 4) is 17.1 Å². The minimum Gasteiger partial charge on any atom is -0.378 e. The van der Waals surface area contributed by atoms with E-state index in [1.807, 2.05) is 18.2 Å². The van der Waals surface area contributed by atoms with E-state index in [1.54, 1.807) is 6.07 Å². The van der Waals surface area contributed by atoms with E-state index in [0.29, 0.717) is 5.56 Å². The van der Waals surface area contributed by atoms with Gasteiger partial charge in [-0.05, 0) is 40.1 Å². The fourth-order valence-corrected chi connectivity index (χ4v) is 3.14. The Hall–Kier alpha value is -4.46. The first-order chi connectivity index (χ1) is 15.4. The molecular weight excluding hydrogens is 486 g/mol. The zero-order valence-corrected chi connectivity index (χ0v) is 17.5. The third-order valence-electron chi connectivity index (χ3n) is 4.16. The van der Waals surface area contributed by atoms with Crippen LogP contribution < -0.4 is 11.2 Å². The van der Waals surface area contributed by atoms with Gasteiger partial charge in [-0.1, -0.05) is 33.3 Å². The number of aromatic nitrogens is 5. The van der Waals surface area contributed by atoms with Crippen LogP contribution in [-0.2, 0) is 0 Å². The fraction of sp³-hybridized carbons (Fsp3) is 0. The fourth-order valence-electron chi connectivity index (χ4n) is 2.73. The minimum atomic E-state index is -0.675. The van der Waals surface area contributed by atoms with Crippen LogP contribution >= 0.6 is 15.9 Å². The number of nitrogens with two attached hydrogens (primary N) is 1. The molecule has 0 bridgehead atoms. The van der Waals surface area contributed by atoms with Gasteiger partial charge in [0.25, 0.3) is 11.6 Å². The third kappa shape index (κ3) is 4.20. The summed E-state index contributed by atoms with van der Waals surface area (Å²) in [5, 5.41) is 29.9. The van der Waals surface area contributed by atoms with Crippen molar-refractivity contribution >= 4 is 39.6 Å². The van der Waals surface area contributed by atoms with Crippen LogP contribution in [0.15, 0.2) is 62.7 Å². The van der Waals surface area contributed by atoms with Gasteiger partial charge in [0.2, 0.25) is 11.6 Å². The van der Waals surface area contributed by atoms with Gasteiger partial charge < -0.3 is 5.73 Å². The van der Waals surface area contributed by atoms with E-state index in [4.69, 9.17) is 5.73 Å². The van der Waals surface area contributed by atoms with Crippen molar-refractivity contribution in [3.63, 3.8) is 0 Å². The standard InChI is InChI=1S/C18H12BrN9O4/c19-12-3-1-2-10(8-12)9-21-23-18(29)14-15(11-4-6-13(7-5-11)28(30)31)27(26-22-14)17-16(20)24-32-25-17/h1-9H,(H2,20,24)(H,23,29)/b21-9-. The molecule has 3 N–H and O–H groups in total. The maximum atomic E-state index is 12.8. The summed E-state index contributed by atoms with van der Waals surface area (Å²) < 4.78 is 6.61. The third-order valence-corrected chi connectivity index (χ3v) is 4.65. The highest BCUT2D eigenvalue weighted by atomic mass is 79.9. The first-order valence-electron chi connectivity index (χ1n) is 8.82. The van der Waals surface area contributed by atoms with Crippen LogP contribution in [-0.4, -0.2) is 42.4 Å². The molecule has 14 heteroatoms. The Labute approximate surface area is 187 Å². The topological polar surface area (TPSA) is 180 Å². The summed E-state index contributed by atoms with van der Waals surface area (Å²) in [6.07, 6.45) is 1.46. The molecular formula is C18H12BrN9O4. The second-order valence-electron chi connectivity index (χ2n) is 6.23. The molecule has 0 saturated carbocycles. The number of nitro groups is 1. The van der Waals surface area contributed by atoms with Gasteiger partial charge in [-0.25, -0.2) is 10.1 Å². The van der Waals surface area contributed by atoms with Gasteiger partial charge in [-0.2, -0.15) is 9.78 Å². The number of nitrogens with one attached hydrogen (secondary N) is 1. The molecule has 2 aromatic carbocycles. The van der Waals surface area contributed by atoms with Crippen molar-refractivity contribution in [2.24, 2.45) is 5.10 Å². The van der Waals surface area contributed by atoms with Crippen molar-refractivity contribution in [1.29, 1.82) is 0 Å². The molecule has 0 radical (unpaired) electrons. The lowest BCUT2D eigenvalue weighted by Crippen LogP contribution is -2.19. The SMILES string of the molecule is Nc1nonc1-n1nnc(C(=O)N/N=C\c2cccc(Br)c2)c1-c1ccc([N+](=O)[O-])cc1. The number of hydrogen-bond acceptors (Lipinski definition) is 10. The van der Waals surface area contributed by atoms with E-state index >= 15 is 0 Å². The maximum Gasteiger partial charge on any atom is 0.294 e. The monoisotopic (exact) mass is 497 g/mol. The number of nitrogen functional groups attached to an aromatic ring is 1. The van der Waals surface area contributed by atoms with Crippen molar-refractivity contribution in [1.82, 2.24) is 30.7 Å². The number of hydrazone groups is 1. The van der Waals surface area contributed by atoms with Crippen molar-refractivity contribution in [2.45, 2.75) is 0 Å². The lowest BCUT2D eigenvalue weighted by molar-refractivity contribution is -0.384. The Morgan fingerprint density at radius 3 is 2.69 bits per heavy atom.